The van der Waals surface area contributed by atoms with Crippen LogP contribution in [0.3, 0.4) is 0 Å². The molecule has 2 heterocycles. The highest BCUT2D eigenvalue weighted by atomic mass is 32.2. The van der Waals surface area contributed by atoms with Crippen LogP contribution >= 0.6 is 0 Å². The number of carbonyl (C=O) groups is 1. The molecule has 0 spiro atoms. The van der Waals surface area contributed by atoms with Gasteiger partial charge in [0.1, 0.15) is 0 Å². The molecular weight excluding hydrogens is 346 g/mol. The summed E-state index contributed by atoms with van der Waals surface area (Å²) in [5.74, 6) is 0.0417. The number of piperidine rings is 1. The SMILES string of the molecule is COCCC1(NC(=O)C2CCOCC2)CCN(S(=O)(=O)N(C)C)CC1. The summed E-state index contributed by atoms with van der Waals surface area (Å²) in [6.45, 7) is 2.58. The van der Waals surface area contributed by atoms with Gasteiger partial charge in [-0.1, -0.05) is 0 Å². The van der Waals surface area contributed by atoms with Gasteiger partial charge in [0, 0.05) is 65.6 Å². The van der Waals surface area contributed by atoms with Crippen molar-refractivity contribution in [1.29, 1.82) is 0 Å². The van der Waals surface area contributed by atoms with Gasteiger partial charge in [-0.25, -0.2) is 0 Å². The van der Waals surface area contributed by atoms with Crippen LogP contribution < -0.4 is 5.32 Å². The first-order valence-electron chi connectivity index (χ1n) is 8.87. The Labute approximate surface area is 151 Å². The van der Waals surface area contributed by atoms with Gasteiger partial charge in [0.25, 0.3) is 10.2 Å². The van der Waals surface area contributed by atoms with Crippen molar-refractivity contribution >= 4 is 16.1 Å². The Hall–Kier alpha value is -0.740. The molecule has 0 aliphatic carbocycles. The highest BCUT2D eigenvalue weighted by Gasteiger charge is 2.40. The van der Waals surface area contributed by atoms with Gasteiger partial charge in [0.05, 0.1) is 0 Å². The molecule has 1 N–H and O–H groups in total. The summed E-state index contributed by atoms with van der Waals surface area (Å²) in [6.07, 6.45) is 3.37. The molecular formula is C16H31N3O5S. The summed E-state index contributed by atoms with van der Waals surface area (Å²) in [5.41, 5.74) is -0.399. The number of nitrogens with one attached hydrogen (secondary N) is 1. The average Bonchev–Trinajstić information content (AvgIpc) is 2.61. The molecule has 2 aliphatic rings. The number of methoxy groups -OCH3 is 1. The third-order valence-corrected chi connectivity index (χ3v) is 7.17. The van der Waals surface area contributed by atoms with E-state index in [0.29, 0.717) is 52.2 Å². The van der Waals surface area contributed by atoms with E-state index in [4.69, 9.17) is 9.47 Å². The van der Waals surface area contributed by atoms with Gasteiger partial charge in [0.15, 0.2) is 0 Å². The highest BCUT2D eigenvalue weighted by molar-refractivity contribution is 7.86. The van der Waals surface area contributed by atoms with Crippen molar-refractivity contribution in [3.63, 3.8) is 0 Å². The first-order valence-corrected chi connectivity index (χ1v) is 10.3. The smallest absolute Gasteiger partial charge is 0.281 e. The van der Waals surface area contributed by atoms with Crippen molar-refractivity contribution < 1.29 is 22.7 Å². The van der Waals surface area contributed by atoms with Crippen LogP contribution in [0.1, 0.15) is 32.1 Å². The molecule has 2 aliphatic heterocycles. The molecule has 0 radical (unpaired) electrons. The van der Waals surface area contributed by atoms with Crippen molar-refractivity contribution in [3.8, 4) is 0 Å². The molecule has 0 atom stereocenters. The lowest BCUT2D eigenvalue weighted by Crippen LogP contribution is -2.58. The van der Waals surface area contributed by atoms with Gasteiger partial charge in [-0.3, -0.25) is 4.79 Å². The number of amides is 1. The molecule has 0 aromatic heterocycles. The van der Waals surface area contributed by atoms with E-state index in [1.54, 1.807) is 7.11 Å². The van der Waals surface area contributed by atoms with Crippen LogP contribution in [0, 0.1) is 5.92 Å². The lowest BCUT2D eigenvalue weighted by Gasteiger charge is -2.43. The number of ether oxygens (including phenoxy) is 2. The van der Waals surface area contributed by atoms with Crippen LogP contribution in [0.15, 0.2) is 0 Å². The van der Waals surface area contributed by atoms with Crippen molar-refractivity contribution in [1.82, 2.24) is 13.9 Å². The Balaban J connectivity index is 2.03. The molecule has 2 saturated heterocycles. The second-order valence-corrected chi connectivity index (χ2v) is 9.23. The molecule has 0 unspecified atom stereocenters. The number of nitrogens with zero attached hydrogens (tertiary/aromatic N) is 2. The summed E-state index contributed by atoms with van der Waals surface area (Å²) < 4.78 is 37.9. The Bertz CT molecular complexity index is 538. The minimum absolute atomic E-state index is 0.0169. The number of hydrogen-bond donors (Lipinski definition) is 1. The molecule has 0 aromatic carbocycles. The van der Waals surface area contributed by atoms with E-state index in [2.05, 4.69) is 5.32 Å². The molecule has 9 heteroatoms. The zero-order valence-electron chi connectivity index (χ0n) is 15.5. The second kappa shape index (κ2) is 8.77. The Morgan fingerprint density at radius 1 is 1.28 bits per heavy atom. The summed E-state index contributed by atoms with van der Waals surface area (Å²) in [6, 6.07) is 0. The van der Waals surface area contributed by atoms with Crippen molar-refractivity contribution in [2.45, 2.75) is 37.6 Å². The van der Waals surface area contributed by atoms with Gasteiger partial charge in [-0.2, -0.15) is 17.0 Å². The van der Waals surface area contributed by atoms with E-state index in [-0.39, 0.29) is 11.8 Å². The predicted molar refractivity (Wildman–Crippen MR) is 94.3 cm³/mol. The Morgan fingerprint density at radius 2 is 1.88 bits per heavy atom. The minimum atomic E-state index is -3.41. The van der Waals surface area contributed by atoms with Gasteiger partial charge >= 0.3 is 0 Å². The quantitative estimate of drug-likeness (QED) is 0.685. The largest absolute Gasteiger partial charge is 0.385 e. The fourth-order valence-electron chi connectivity index (χ4n) is 3.43. The monoisotopic (exact) mass is 377 g/mol. The van der Waals surface area contributed by atoms with E-state index >= 15 is 0 Å². The molecule has 8 nitrogen and oxygen atoms in total. The van der Waals surface area contributed by atoms with Crippen LogP contribution in [0.2, 0.25) is 0 Å². The third-order valence-electron chi connectivity index (χ3n) is 5.23. The molecule has 1 amide bonds. The van der Waals surface area contributed by atoms with E-state index < -0.39 is 15.7 Å². The highest BCUT2D eigenvalue weighted by Crippen LogP contribution is 2.29. The number of hydrogen-bond acceptors (Lipinski definition) is 5. The van der Waals surface area contributed by atoms with Crippen LogP contribution in [-0.4, -0.2) is 82.6 Å². The van der Waals surface area contributed by atoms with Crippen molar-refractivity contribution in [2.75, 3.05) is 54.1 Å². The maximum absolute atomic E-state index is 12.7. The van der Waals surface area contributed by atoms with Gasteiger partial charge in [0.2, 0.25) is 5.91 Å². The maximum atomic E-state index is 12.7. The van der Waals surface area contributed by atoms with E-state index in [1.165, 1.54) is 22.7 Å². The van der Waals surface area contributed by atoms with Crippen LogP contribution in [0.25, 0.3) is 0 Å². The molecule has 25 heavy (non-hydrogen) atoms. The summed E-state index contributed by atoms with van der Waals surface area (Å²) >= 11 is 0. The molecule has 0 bridgehead atoms. The summed E-state index contributed by atoms with van der Waals surface area (Å²) in [5, 5.41) is 3.23. The number of rotatable bonds is 7. The standard InChI is InChI=1S/C16H31N3O5S/c1-18(2)25(21,22)19-9-6-16(7-10-19,8-13-23-3)17-15(20)14-4-11-24-12-5-14/h14H,4-13H2,1-3H3,(H,17,20). The lowest BCUT2D eigenvalue weighted by molar-refractivity contribution is -0.130. The van der Waals surface area contributed by atoms with Crippen molar-refractivity contribution in [3.05, 3.63) is 0 Å². The van der Waals surface area contributed by atoms with E-state index in [0.717, 1.165) is 12.8 Å². The molecule has 0 aromatic rings. The lowest BCUT2D eigenvalue weighted by atomic mass is 9.84. The summed E-state index contributed by atoms with van der Waals surface area (Å²) in [4.78, 5) is 12.7. The predicted octanol–water partition coefficient (Wildman–Crippen LogP) is 0.207. The van der Waals surface area contributed by atoms with Crippen LogP contribution in [0.5, 0.6) is 0 Å². The first kappa shape index (κ1) is 20.6. The molecule has 0 saturated carbocycles. The zero-order chi connectivity index (χ0) is 18.5. The van der Waals surface area contributed by atoms with Crippen LogP contribution in [-0.2, 0) is 24.5 Å². The first-order chi connectivity index (χ1) is 11.8. The number of carbonyl (C=O) groups excluding carboxylic acids is 1. The van der Waals surface area contributed by atoms with Gasteiger partial charge in [-0.05, 0) is 32.1 Å². The molecule has 2 fully saturated rings. The second-order valence-electron chi connectivity index (χ2n) is 7.09. The molecule has 146 valence electrons. The maximum Gasteiger partial charge on any atom is 0.281 e. The fraction of sp³-hybridized carbons (Fsp3) is 0.938. The van der Waals surface area contributed by atoms with E-state index in [9.17, 15) is 13.2 Å². The molecule has 2 rings (SSSR count). The zero-order valence-corrected chi connectivity index (χ0v) is 16.3. The fourth-order valence-corrected chi connectivity index (χ4v) is 4.54. The normalized spacial score (nSPS) is 22.9. The van der Waals surface area contributed by atoms with Gasteiger partial charge in [-0.15, -0.1) is 0 Å². The van der Waals surface area contributed by atoms with E-state index in [1.807, 2.05) is 0 Å². The third kappa shape index (κ3) is 5.13. The average molecular weight is 378 g/mol. The van der Waals surface area contributed by atoms with Crippen LogP contribution in [0.4, 0.5) is 0 Å². The Morgan fingerprint density at radius 3 is 2.40 bits per heavy atom. The Kier molecular flexibility index (Phi) is 7.21. The summed E-state index contributed by atoms with van der Waals surface area (Å²) in [7, 11) is 1.30. The topological polar surface area (TPSA) is 88.2 Å². The van der Waals surface area contributed by atoms with Crippen molar-refractivity contribution in [2.24, 2.45) is 5.92 Å². The van der Waals surface area contributed by atoms with Gasteiger partial charge < -0.3 is 14.8 Å². The minimum Gasteiger partial charge on any atom is -0.385 e.